The van der Waals surface area contributed by atoms with Crippen LogP contribution in [0.3, 0.4) is 0 Å². The third-order valence-electron chi connectivity index (χ3n) is 10.6. The molecule has 0 saturated heterocycles. The van der Waals surface area contributed by atoms with Gasteiger partial charge in [-0.3, -0.25) is 0 Å². The summed E-state index contributed by atoms with van der Waals surface area (Å²) in [6, 6.07) is 28.2. The van der Waals surface area contributed by atoms with Gasteiger partial charge < -0.3 is 4.57 Å². The maximum Gasteiger partial charge on any atom is 0.160 e. The number of para-hydroxylation sites is 1. The first-order chi connectivity index (χ1) is 25.7. The molecule has 3 aliphatic rings. The average molecular weight is 692 g/mol. The first-order valence-corrected chi connectivity index (χ1v) is 19.4. The summed E-state index contributed by atoms with van der Waals surface area (Å²) in [6.45, 7) is 4.11. The van der Waals surface area contributed by atoms with Gasteiger partial charge in [0.25, 0.3) is 0 Å². The number of hydrogen-bond donors (Lipinski definition) is 0. The van der Waals surface area contributed by atoms with Crippen LogP contribution in [0.1, 0.15) is 60.4 Å². The van der Waals surface area contributed by atoms with Crippen LogP contribution in [-0.2, 0) is 12.8 Å². The van der Waals surface area contributed by atoms with Crippen LogP contribution >= 0.6 is 11.3 Å². The highest BCUT2D eigenvalue weighted by atomic mass is 32.1. The largest absolute Gasteiger partial charge is 0.310 e. The van der Waals surface area contributed by atoms with Crippen LogP contribution in [0.25, 0.3) is 66.7 Å². The van der Waals surface area contributed by atoms with Crippen LogP contribution in [0.4, 0.5) is 0 Å². The third-order valence-corrected chi connectivity index (χ3v) is 11.8. The highest BCUT2D eigenvalue weighted by Gasteiger charge is 2.28. The molecular formula is C48H41N3S. The number of aromatic nitrogens is 3. The van der Waals surface area contributed by atoms with E-state index in [1.54, 1.807) is 0 Å². The Morgan fingerprint density at radius 3 is 2.48 bits per heavy atom. The molecule has 0 radical (unpaired) electrons. The van der Waals surface area contributed by atoms with Crippen molar-refractivity contribution in [3.8, 4) is 22.6 Å². The summed E-state index contributed by atoms with van der Waals surface area (Å²) < 4.78 is 3.65. The monoisotopic (exact) mass is 691 g/mol. The van der Waals surface area contributed by atoms with E-state index in [1.165, 1.54) is 59.7 Å². The van der Waals surface area contributed by atoms with E-state index in [9.17, 15) is 0 Å². The second-order valence-electron chi connectivity index (χ2n) is 13.8. The predicted octanol–water partition coefficient (Wildman–Crippen LogP) is 12.9. The van der Waals surface area contributed by atoms with Gasteiger partial charge in [-0.1, -0.05) is 127 Å². The van der Waals surface area contributed by atoms with E-state index in [4.69, 9.17) is 9.97 Å². The van der Waals surface area contributed by atoms with Crippen molar-refractivity contribution < 1.29 is 0 Å². The molecule has 1 atom stereocenters. The molecule has 3 heterocycles. The molecule has 0 aliphatic heterocycles. The molecule has 0 spiro atoms. The maximum absolute atomic E-state index is 5.37. The molecule has 0 saturated carbocycles. The van der Waals surface area contributed by atoms with Gasteiger partial charge in [-0.15, -0.1) is 11.3 Å². The Hall–Kier alpha value is -5.58. The summed E-state index contributed by atoms with van der Waals surface area (Å²) in [7, 11) is 0. The number of rotatable bonds is 7. The van der Waals surface area contributed by atoms with E-state index in [0.717, 1.165) is 60.3 Å². The van der Waals surface area contributed by atoms with Gasteiger partial charge in [0, 0.05) is 44.3 Å². The molecule has 0 N–H and O–H groups in total. The van der Waals surface area contributed by atoms with Crippen molar-refractivity contribution in [2.75, 3.05) is 0 Å². The topological polar surface area (TPSA) is 30.7 Å². The van der Waals surface area contributed by atoms with E-state index in [2.05, 4.69) is 157 Å². The zero-order valence-corrected chi connectivity index (χ0v) is 30.5. The molecule has 52 heavy (non-hydrogen) atoms. The lowest BCUT2D eigenvalue weighted by Gasteiger charge is -2.24. The first-order valence-electron chi connectivity index (χ1n) is 18.5. The molecule has 3 aliphatic carbocycles. The molecule has 254 valence electrons. The Bertz CT molecular complexity index is 2550. The lowest BCUT2D eigenvalue weighted by Crippen LogP contribution is -2.10. The Morgan fingerprint density at radius 1 is 0.827 bits per heavy atom. The number of aryl methyl sites for hydroxylation is 2. The van der Waals surface area contributed by atoms with Gasteiger partial charge in [0.2, 0.25) is 0 Å². The summed E-state index contributed by atoms with van der Waals surface area (Å²) in [5, 5.41) is 1.38. The highest BCUT2D eigenvalue weighted by molar-refractivity contribution is 7.20. The maximum atomic E-state index is 5.37. The van der Waals surface area contributed by atoms with E-state index in [-0.39, 0.29) is 0 Å². The second-order valence-corrected chi connectivity index (χ2v) is 14.9. The van der Waals surface area contributed by atoms with Crippen LogP contribution in [0, 0.1) is 5.92 Å². The standard InChI is InChI=1S/C48H41N3S/c1-3-5-15-32(14-4-2)33-24-26-35(27-25-33)45-47-46(50-48(49-45)36-16-7-6-8-17-36)44-38(20-13-23-43(44)52-47)34-28-30-37(31-29-34)51-41-21-11-9-18-39(41)40-19-10-12-22-42(40)51/h3-9,11-12,14-18,20-22,24-28,30-31,34H,10,13,19,23,29H2,1-2H3/b5-3-,14-4-,32-15+. The van der Waals surface area contributed by atoms with Crippen molar-refractivity contribution in [3.05, 3.63) is 167 Å². The number of thiophene rings is 1. The van der Waals surface area contributed by atoms with Gasteiger partial charge >= 0.3 is 0 Å². The summed E-state index contributed by atoms with van der Waals surface area (Å²) in [5.41, 5.74) is 14.7. The van der Waals surface area contributed by atoms with E-state index in [0.29, 0.717) is 5.92 Å². The van der Waals surface area contributed by atoms with Crippen LogP contribution in [0.15, 0.2) is 140 Å². The van der Waals surface area contributed by atoms with Crippen molar-refractivity contribution in [2.45, 2.75) is 46.0 Å². The molecule has 3 aromatic heterocycles. The van der Waals surface area contributed by atoms with Gasteiger partial charge in [0.05, 0.1) is 21.4 Å². The summed E-state index contributed by atoms with van der Waals surface area (Å²) in [4.78, 5) is 12.1. The molecule has 3 aromatic carbocycles. The van der Waals surface area contributed by atoms with Crippen LogP contribution in [0.5, 0.6) is 0 Å². The van der Waals surface area contributed by atoms with E-state index in [1.807, 2.05) is 18.3 Å². The lowest BCUT2D eigenvalue weighted by molar-refractivity contribution is 0.821. The molecule has 0 fully saturated rings. The van der Waals surface area contributed by atoms with Crippen LogP contribution in [-0.4, -0.2) is 14.5 Å². The predicted molar refractivity (Wildman–Crippen MR) is 223 cm³/mol. The smallest absolute Gasteiger partial charge is 0.160 e. The van der Waals surface area contributed by atoms with E-state index >= 15 is 0 Å². The average Bonchev–Trinajstić information content (AvgIpc) is 3.76. The molecule has 0 bridgehead atoms. The fourth-order valence-corrected chi connectivity index (χ4v) is 9.41. The summed E-state index contributed by atoms with van der Waals surface area (Å²) in [5.74, 6) is 1.07. The van der Waals surface area contributed by atoms with Crippen molar-refractivity contribution in [3.63, 3.8) is 0 Å². The van der Waals surface area contributed by atoms with Crippen LogP contribution < -0.4 is 0 Å². The fourth-order valence-electron chi connectivity index (χ4n) is 8.12. The minimum atomic E-state index is 0.292. The van der Waals surface area contributed by atoms with E-state index < -0.39 is 0 Å². The Morgan fingerprint density at radius 2 is 1.67 bits per heavy atom. The third kappa shape index (κ3) is 5.68. The van der Waals surface area contributed by atoms with Crippen LogP contribution in [0.2, 0.25) is 0 Å². The molecule has 0 amide bonds. The number of allylic oxidation sites excluding steroid dienone is 13. The van der Waals surface area contributed by atoms with Gasteiger partial charge in [0.1, 0.15) is 0 Å². The van der Waals surface area contributed by atoms with Gasteiger partial charge in [-0.2, -0.15) is 0 Å². The Balaban J connectivity index is 1.12. The second kappa shape index (κ2) is 13.9. The molecular weight excluding hydrogens is 651 g/mol. The van der Waals surface area contributed by atoms with Crippen molar-refractivity contribution >= 4 is 55.4 Å². The Kier molecular flexibility index (Phi) is 8.62. The zero-order valence-electron chi connectivity index (χ0n) is 29.7. The highest BCUT2D eigenvalue weighted by Crippen LogP contribution is 2.47. The SMILES string of the molecule is C\C=C/C=C(\C=C/C)c1ccc(-c2nc(-c3ccccc3)nc3c4c(sc23)CCC=C4C2C=CC(n3c4c(c5ccccc53)CCC=C4)=CC2)cc1. The number of nitrogens with zero attached hydrogens (tertiary/aromatic N) is 3. The molecule has 6 aromatic rings. The normalized spacial score (nSPS) is 17.3. The first kappa shape index (κ1) is 32.3. The number of hydrogen-bond acceptors (Lipinski definition) is 3. The molecule has 4 heteroatoms. The van der Waals surface area contributed by atoms with Crippen molar-refractivity contribution in [1.82, 2.24) is 14.5 Å². The molecule has 9 rings (SSSR count). The molecule has 1 unspecified atom stereocenters. The Labute approximate surface area is 310 Å². The van der Waals surface area contributed by atoms with Gasteiger partial charge in [-0.05, 0) is 86.4 Å². The minimum absolute atomic E-state index is 0.292. The van der Waals surface area contributed by atoms with Gasteiger partial charge in [-0.25, -0.2) is 9.97 Å². The number of fused-ring (bicyclic) bond motifs is 6. The van der Waals surface area contributed by atoms with Crippen molar-refractivity contribution in [1.29, 1.82) is 0 Å². The quantitative estimate of drug-likeness (QED) is 0.156. The summed E-state index contributed by atoms with van der Waals surface area (Å²) in [6.07, 6.45) is 30.2. The van der Waals surface area contributed by atoms with Crippen molar-refractivity contribution in [2.24, 2.45) is 5.92 Å². The number of benzene rings is 3. The lowest BCUT2D eigenvalue weighted by atomic mass is 9.83. The zero-order chi connectivity index (χ0) is 35.0. The van der Waals surface area contributed by atoms with Gasteiger partial charge in [0.15, 0.2) is 5.82 Å². The minimum Gasteiger partial charge on any atom is -0.310 e. The molecule has 3 nitrogen and oxygen atoms in total. The summed E-state index contributed by atoms with van der Waals surface area (Å²) >= 11 is 1.89. The fraction of sp³-hybridized carbons (Fsp3) is 0.167.